The van der Waals surface area contributed by atoms with Crippen molar-refractivity contribution in [1.82, 2.24) is 5.32 Å². The van der Waals surface area contributed by atoms with Gasteiger partial charge in [0, 0.05) is 6.04 Å². The smallest absolute Gasteiger partial charge is 0.407 e. The minimum Gasteiger partial charge on any atom is -0.469 e. The van der Waals surface area contributed by atoms with Gasteiger partial charge < -0.3 is 14.8 Å². The number of esters is 1. The fourth-order valence-corrected chi connectivity index (χ4v) is 2.95. The average molecular weight is 297 g/mol. The molecule has 0 unspecified atom stereocenters. The molecule has 0 heterocycles. The van der Waals surface area contributed by atoms with E-state index < -0.39 is 6.09 Å². The zero-order valence-corrected chi connectivity index (χ0v) is 13.3. The van der Waals surface area contributed by atoms with Gasteiger partial charge >= 0.3 is 12.1 Å². The Morgan fingerprint density at radius 2 is 1.86 bits per heavy atom. The predicted molar refractivity (Wildman–Crippen MR) is 80.8 cm³/mol. The first-order valence-corrected chi connectivity index (χ1v) is 7.66. The number of nitrogens with one attached hydrogen (secondary N) is 1. The number of hydrogen-bond acceptors (Lipinski definition) is 4. The highest BCUT2D eigenvalue weighted by atomic mass is 16.5. The van der Waals surface area contributed by atoms with Crippen LogP contribution in [-0.4, -0.2) is 32.3 Å². The number of alkyl carbamates (subject to hydrolysis) is 1. The van der Waals surface area contributed by atoms with Crippen LogP contribution in [0.25, 0.3) is 0 Å². The minimum atomic E-state index is -0.390. The average Bonchev–Trinajstić information content (AvgIpc) is 2.52. The number of ether oxygens (including phenoxy) is 2. The zero-order valence-electron chi connectivity index (χ0n) is 13.3. The van der Waals surface area contributed by atoms with Gasteiger partial charge in [-0.1, -0.05) is 38.3 Å². The van der Waals surface area contributed by atoms with E-state index in [4.69, 9.17) is 4.74 Å². The van der Waals surface area contributed by atoms with E-state index in [0.717, 1.165) is 12.8 Å². The first-order chi connectivity index (χ1) is 10.1. The maximum atomic E-state index is 11.6. The Hall–Kier alpha value is -1.52. The molecule has 0 aromatic rings. The van der Waals surface area contributed by atoms with Crippen LogP contribution in [-0.2, 0) is 14.3 Å². The number of amides is 1. The highest BCUT2D eigenvalue weighted by Gasteiger charge is 2.28. The van der Waals surface area contributed by atoms with Crippen LogP contribution >= 0.6 is 0 Å². The minimum absolute atomic E-state index is 0.0478. The second kappa shape index (κ2) is 9.42. The highest BCUT2D eigenvalue weighted by molar-refractivity contribution is 5.70. The lowest BCUT2D eigenvalue weighted by Gasteiger charge is -2.33. The van der Waals surface area contributed by atoms with E-state index in [1.165, 1.54) is 33.5 Å². The van der Waals surface area contributed by atoms with E-state index >= 15 is 0 Å². The van der Waals surface area contributed by atoms with Gasteiger partial charge in [0.2, 0.25) is 0 Å². The lowest BCUT2D eigenvalue weighted by Crippen LogP contribution is -2.44. The Morgan fingerprint density at radius 3 is 2.43 bits per heavy atom. The molecule has 1 saturated carbocycles. The van der Waals surface area contributed by atoms with E-state index in [2.05, 4.69) is 17.0 Å². The Labute approximate surface area is 127 Å². The van der Waals surface area contributed by atoms with Crippen molar-refractivity contribution in [2.24, 2.45) is 11.8 Å². The summed E-state index contributed by atoms with van der Waals surface area (Å²) in [6, 6.07) is 0.0478. The van der Waals surface area contributed by atoms with Crippen LogP contribution in [0.1, 0.15) is 45.4 Å². The van der Waals surface area contributed by atoms with Crippen molar-refractivity contribution in [3.05, 3.63) is 12.2 Å². The lowest BCUT2D eigenvalue weighted by molar-refractivity contribution is -0.139. The summed E-state index contributed by atoms with van der Waals surface area (Å²) < 4.78 is 9.34. The van der Waals surface area contributed by atoms with Crippen LogP contribution in [0, 0.1) is 11.8 Å². The van der Waals surface area contributed by atoms with Crippen molar-refractivity contribution in [2.45, 2.75) is 51.5 Å². The molecule has 5 nitrogen and oxygen atoms in total. The van der Waals surface area contributed by atoms with Gasteiger partial charge in [0.25, 0.3) is 0 Å². The molecule has 1 aliphatic carbocycles. The Bertz CT molecular complexity index is 361. The van der Waals surface area contributed by atoms with Gasteiger partial charge in [-0.05, 0) is 24.7 Å². The molecule has 0 aromatic carbocycles. The third kappa shape index (κ3) is 6.19. The summed E-state index contributed by atoms with van der Waals surface area (Å²) in [6.07, 6.45) is 9.61. The Morgan fingerprint density at radius 1 is 1.19 bits per heavy atom. The molecule has 21 heavy (non-hydrogen) atoms. The number of carbonyl (C=O) groups is 2. The van der Waals surface area contributed by atoms with Crippen LogP contribution in [0.4, 0.5) is 4.79 Å². The summed E-state index contributed by atoms with van der Waals surface area (Å²) in [5.74, 6) is 0.362. The van der Waals surface area contributed by atoms with Crippen molar-refractivity contribution in [3.8, 4) is 0 Å². The Kier molecular flexibility index (Phi) is 7.87. The number of hydrogen-bond donors (Lipinski definition) is 1. The standard InChI is InChI=1S/C16H27NO4/c1-12(8-7-11-14(18)20-2)15(17-16(19)21-3)13-9-5-4-6-10-13/h7-8,12-13,15H,4-6,9-11H2,1-3H3,(H,17,19)/b8-7+/t12-,15+/m1/s1. The highest BCUT2D eigenvalue weighted by Crippen LogP contribution is 2.30. The van der Waals surface area contributed by atoms with E-state index in [1.54, 1.807) is 0 Å². The third-order valence-corrected chi connectivity index (χ3v) is 4.15. The summed E-state index contributed by atoms with van der Waals surface area (Å²) in [5.41, 5.74) is 0. The maximum absolute atomic E-state index is 11.6. The summed E-state index contributed by atoms with van der Waals surface area (Å²) in [6.45, 7) is 2.06. The summed E-state index contributed by atoms with van der Waals surface area (Å²) in [7, 11) is 2.76. The van der Waals surface area contributed by atoms with Gasteiger partial charge in [-0.3, -0.25) is 4.79 Å². The fraction of sp³-hybridized carbons (Fsp3) is 0.750. The molecule has 0 saturated heterocycles. The predicted octanol–water partition coefficient (Wildman–Crippen LogP) is 3.05. The summed E-state index contributed by atoms with van der Waals surface area (Å²) >= 11 is 0. The molecule has 2 atom stereocenters. The second-order valence-electron chi connectivity index (χ2n) is 5.63. The fourth-order valence-electron chi connectivity index (χ4n) is 2.95. The van der Waals surface area contributed by atoms with Crippen LogP contribution in [0.5, 0.6) is 0 Å². The number of carbonyl (C=O) groups excluding carboxylic acids is 2. The van der Waals surface area contributed by atoms with E-state index in [0.29, 0.717) is 5.92 Å². The van der Waals surface area contributed by atoms with Gasteiger partial charge in [-0.25, -0.2) is 4.79 Å². The molecule has 1 fully saturated rings. The van der Waals surface area contributed by atoms with Crippen LogP contribution < -0.4 is 5.32 Å². The first kappa shape index (κ1) is 17.5. The zero-order chi connectivity index (χ0) is 15.7. The number of rotatable bonds is 6. The van der Waals surface area contributed by atoms with Crippen LogP contribution in [0.2, 0.25) is 0 Å². The second-order valence-corrected chi connectivity index (χ2v) is 5.63. The first-order valence-electron chi connectivity index (χ1n) is 7.66. The topological polar surface area (TPSA) is 64.6 Å². The van der Waals surface area contributed by atoms with Gasteiger partial charge in [0.1, 0.15) is 0 Å². The normalized spacial score (nSPS) is 19.0. The van der Waals surface area contributed by atoms with Gasteiger partial charge in [-0.2, -0.15) is 0 Å². The van der Waals surface area contributed by atoms with Gasteiger partial charge in [0.05, 0.1) is 20.6 Å². The van der Waals surface area contributed by atoms with E-state index in [9.17, 15) is 9.59 Å². The summed E-state index contributed by atoms with van der Waals surface area (Å²) in [5, 5.41) is 2.96. The molecule has 0 radical (unpaired) electrons. The molecule has 1 amide bonds. The van der Waals surface area contributed by atoms with Crippen LogP contribution in [0.15, 0.2) is 12.2 Å². The molecule has 1 rings (SSSR count). The quantitative estimate of drug-likeness (QED) is 0.604. The maximum Gasteiger partial charge on any atom is 0.407 e. The van der Waals surface area contributed by atoms with Gasteiger partial charge in [0.15, 0.2) is 0 Å². The molecule has 1 aliphatic rings. The largest absolute Gasteiger partial charge is 0.469 e. The molecular weight excluding hydrogens is 270 g/mol. The molecule has 1 N–H and O–H groups in total. The SMILES string of the molecule is COC(=O)C/C=C/[C@@H](C)[C@H](NC(=O)OC)C1CCCCC1. The molecule has 0 spiro atoms. The summed E-state index contributed by atoms with van der Waals surface area (Å²) in [4.78, 5) is 22.7. The van der Waals surface area contributed by atoms with Crippen molar-refractivity contribution in [2.75, 3.05) is 14.2 Å². The molecule has 5 heteroatoms. The van der Waals surface area contributed by atoms with Gasteiger partial charge in [-0.15, -0.1) is 0 Å². The van der Waals surface area contributed by atoms with Crippen molar-refractivity contribution < 1.29 is 19.1 Å². The molecule has 120 valence electrons. The Balaban J connectivity index is 2.64. The van der Waals surface area contributed by atoms with Crippen molar-refractivity contribution >= 4 is 12.1 Å². The molecule has 0 aromatic heterocycles. The molecular formula is C16H27NO4. The van der Waals surface area contributed by atoms with Crippen LogP contribution in [0.3, 0.4) is 0 Å². The molecule has 0 bridgehead atoms. The number of methoxy groups -OCH3 is 2. The molecule has 0 aliphatic heterocycles. The lowest BCUT2D eigenvalue weighted by atomic mass is 9.79. The third-order valence-electron chi connectivity index (χ3n) is 4.15. The monoisotopic (exact) mass is 297 g/mol. The van der Waals surface area contributed by atoms with E-state index in [1.807, 2.05) is 12.2 Å². The van der Waals surface area contributed by atoms with Crippen molar-refractivity contribution in [1.29, 1.82) is 0 Å². The van der Waals surface area contributed by atoms with Crippen molar-refractivity contribution in [3.63, 3.8) is 0 Å². The van der Waals surface area contributed by atoms with E-state index in [-0.39, 0.29) is 24.3 Å².